The Balaban J connectivity index is 1.84. The van der Waals surface area contributed by atoms with E-state index >= 15 is 0 Å². The topological polar surface area (TPSA) is 92.3 Å². The van der Waals surface area contributed by atoms with Gasteiger partial charge >= 0.3 is 0 Å². The normalized spacial score (nSPS) is 11.3. The Bertz CT molecular complexity index is 1350. The summed E-state index contributed by atoms with van der Waals surface area (Å²) in [6, 6.07) is 19.7. The summed E-state index contributed by atoms with van der Waals surface area (Å²) >= 11 is 6.21. The Kier molecular flexibility index (Phi) is 11.6. The Morgan fingerprint density at radius 3 is 2.17 bits per heavy atom. The molecule has 0 aliphatic heterocycles. The van der Waals surface area contributed by atoms with E-state index in [0.717, 1.165) is 24.3 Å². The Morgan fingerprint density at radius 1 is 0.875 bits per heavy atom. The maximum atomic E-state index is 13.2. The number of anilines is 1. The van der Waals surface area contributed by atoms with Gasteiger partial charge in [0.05, 0.1) is 30.0 Å². The second-order valence-electron chi connectivity index (χ2n) is 8.53. The van der Waals surface area contributed by atoms with Gasteiger partial charge in [-0.2, -0.15) is 5.10 Å². The minimum Gasteiger partial charge on any atom is -0.490 e. The SMILES string of the molecule is CCOc1ccc(C=NNC(=O)C(=Cc2ccc(N(CC)CC)cc2)NC(=O)c2ccccc2Cl)cc1OCC. The van der Waals surface area contributed by atoms with Crippen molar-refractivity contribution in [1.82, 2.24) is 10.7 Å². The maximum absolute atomic E-state index is 13.2. The molecule has 0 aliphatic rings. The first-order chi connectivity index (χ1) is 19.4. The third kappa shape index (κ3) is 8.35. The van der Waals surface area contributed by atoms with Crippen LogP contribution >= 0.6 is 11.6 Å². The molecule has 0 radical (unpaired) electrons. The first-order valence-corrected chi connectivity index (χ1v) is 13.6. The molecule has 0 spiro atoms. The number of benzene rings is 3. The number of hydrogen-bond donors (Lipinski definition) is 2. The fourth-order valence-corrected chi connectivity index (χ4v) is 4.13. The van der Waals surface area contributed by atoms with Crippen LogP contribution in [0.2, 0.25) is 5.02 Å². The molecule has 0 atom stereocenters. The van der Waals surface area contributed by atoms with Gasteiger partial charge in [0.15, 0.2) is 11.5 Å². The summed E-state index contributed by atoms with van der Waals surface area (Å²) in [5, 5.41) is 7.05. The molecule has 0 heterocycles. The van der Waals surface area contributed by atoms with E-state index < -0.39 is 11.8 Å². The molecule has 3 rings (SSSR count). The molecular formula is C31H35ClN4O4. The van der Waals surface area contributed by atoms with Crippen LogP contribution in [0.3, 0.4) is 0 Å². The molecule has 0 saturated carbocycles. The average molecular weight is 563 g/mol. The summed E-state index contributed by atoms with van der Waals surface area (Å²) in [6.07, 6.45) is 3.08. The van der Waals surface area contributed by atoms with Crippen LogP contribution < -0.4 is 25.1 Å². The lowest BCUT2D eigenvalue weighted by Gasteiger charge is -2.21. The van der Waals surface area contributed by atoms with Crippen LogP contribution in [-0.4, -0.2) is 44.3 Å². The molecule has 0 unspecified atom stereocenters. The maximum Gasteiger partial charge on any atom is 0.287 e. The van der Waals surface area contributed by atoms with Crippen molar-refractivity contribution in [3.63, 3.8) is 0 Å². The zero-order valence-corrected chi connectivity index (χ0v) is 24.0. The first-order valence-electron chi connectivity index (χ1n) is 13.3. The van der Waals surface area contributed by atoms with Gasteiger partial charge in [0.25, 0.3) is 11.8 Å². The second kappa shape index (κ2) is 15.3. The largest absolute Gasteiger partial charge is 0.490 e. The van der Waals surface area contributed by atoms with Crippen molar-refractivity contribution in [3.8, 4) is 11.5 Å². The van der Waals surface area contributed by atoms with Crippen LogP contribution in [0.25, 0.3) is 6.08 Å². The number of nitrogens with zero attached hydrogens (tertiary/aromatic N) is 2. The van der Waals surface area contributed by atoms with Crippen LogP contribution in [0.5, 0.6) is 11.5 Å². The highest BCUT2D eigenvalue weighted by molar-refractivity contribution is 6.34. The lowest BCUT2D eigenvalue weighted by Crippen LogP contribution is -2.33. The Morgan fingerprint density at radius 2 is 1.52 bits per heavy atom. The van der Waals surface area contributed by atoms with Crippen LogP contribution in [0.1, 0.15) is 49.2 Å². The Hall–Kier alpha value is -4.30. The van der Waals surface area contributed by atoms with Crippen LogP contribution in [-0.2, 0) is 4.79 Å². The minimum absolute atomic E-state index is 0.0133. The summed E-state index contributed by atoms with van der Waals surface area (Å²) in [5.41, 5.74) is 5.26. The van der Waals surface area contributed by atoms with Crippen LogP contribution in [0.15, 0.2) is 77.5 Å². The zero-order valence-electron chi connectivity index (χ0n) is 23.2. The van der Waals surface area contributed by atoms with Gasteiger partial charge in [-0.15, -0.1) is 0 Å². The molecule has 2 amide bonds. The van der Waals surface area contributed by atoms with E-state index in [0.29, 0.717) is 30.3 Å². The molecule has 40 heavy (non-hydrogen) atoms. The predicted octanol–water partition coefficient (Wildman–Crippen LogP) is 5.90. The highest BCUT2D eigenvalue weighted by Gasteiger charge is 2.16. The van der Waals surface area contributed by atoms with Crippen LogP contribution in [0, 0.1) is 0 Å². The van der Waals surface area contributed by atoms with Crippen molar-refractivity contribution >= 4 is 41.4 Å². The highest BCUT2D eigenvalue weighted by atomic mass is 35.5. The number of nitrogens with one attached hydrogen (secondary N) is 2. The third-order valence-electron chi connectivity index (χ3n) is 5.89. The molecule has 9 heteroatoms. The lowest BCUT2D eigenvalue weighted by atomic mass is 10.1. The number of ether oxygens (including phenoxy) is 2. The van der Waals surface area contributed by atoms with E-state index in [1.54, 1.807) is 48.5 Å². The van der Waals surface area contributed by atoms with Crippen molar-refractivity contribution in [2.75, 3.05) is 31.2 Å². The number of halogens is 1. The van der Waals surface area contributed by atoms with Crippen molar-refractivity contribution in [2.45, 2.75) is 27.7 Å². The van der Waals surface area contributed by atoms with E-state index in [4.69, 9.17) is 21.1 Å². The van der Waals surface area contributed by atoms with Gasteiger partial charge < -0.3 is 19.7 Å². The number of hydrazone groups is 1. The van der Waals surface area contributed by atoms with E-state index in [9.17, 15) is 9.59 Å². The van der Waals surface area contributed by atoms with Crippen molar-refractivity contribution in [3.05, 3.63) is 94.1 Å². The summed E-state index contributed by atoms with van der Waals surface area (Å²) in [4.78, 5) is 28.4. The van der Waals surface area contributed by atoms with Gasteiger partial charge in [0.1, 0.15) is 5.70 Å². The van der Waals surface area contributed by atoms with Crippen molar-refractivity contribution < 1.29 is 19.1 Å². The third-order valence-corrected chi connectivity index (χ3v) is 6.22. The summed E-state index contributed by atoms with van der Waals surface area (Å²) < 4.78 is 11.2. The minimum atomic E-state index is -0.597. The van der Waals surface area contributed by atoms with Crippen molar-refractivity contribution in [1.29, 1.82) is 0 Å². The molecule has 0 fully saturated rings. The van der Waals surface area contributed by atoms with E-state index in [2.05, 4.69) is 34.6 Å². The van der Waals surface area contributed by atoms with E-state index in [-0.39, 0.29) is 16.3 Å². The summed E-state index contributed by atoms with van der Waals surface area (Å²) in [6.45, 7) is 10.7. The molecule has 0 aromatic heterocycles. The number of hydrogen-bond acceptors (Lipinski definition) is 6. The summed E-state index contributed by atoms with van der Waals surface area (Å²) in [7, 11) is 0. The van der Waals surface area contributed by atoms with Gasteiger partial charge in [-0.1, -0.05) is 35.9 Å². The quantitative estimate of drug-likeness (QED) is 0.154. The molecular weight excluding hydrogens is 528 g/mol. The molecule has 3 aromatic rings. The van der Waals surface area contributed by atoms with Crippen molar-refractivity contribution in [2.24, 2.45) is 5.10 Å². The zero-order chi connectivity index (χ0) is 28.9. The molecule has 0 saturated heterocycles. The average Bonchev–Trinajstić information content (AvgIpc) is 2.96. The fourth-order valence-electron chi connectivity index (χ4n) is 3.90. The standard InChI is InChI=1S/C31H35ClN4O4/c1-5-36(6-2)24-16-13-22(14-17-24)19-27(34-30(37)25-11-9-10-12-26(25)32)31(38)35-33-21-23-15-18-28(39-7-3)29(20-23)40-8-4/h9-21H,5-8H2,1-4H3,(H,34,37)(H,35,38). The van der Waals surface area contributed by atoms with Gasteiger partial charge in [-0.05, 0) is 87.4 Å². The molecule has 0 aliphatic carbocycles. The number of carbonyl (C=O) groups excluding carboxylic acids is 2. The first kappa shape index (κ1) is 30.2. The van der Waals surface area contributed by atoms with Gasteiger partial charge in [-0.3, -0.25) is 9.59 Å². The second-order valence-corrected chi connectivity index (χ2v) is 8.93. The molecule has 210 valence electrons. The smallest absolute Gasteiger partial charge is 0.287 e. The molecule has 8 nitrogen and oxygen atoms in total. The fraction of sp³-hybridized carbons (Fsp3) is 0.258. The highest BCUT2D eigenvalue weighted by Crippen LogP contribution is 2.28. The molecule has 2 N–H and O–H groups in total. The van der Waals surface area contributed by atoms with Gasteiger partial charge in [0.2, 0.25) is 0 Å². The summed E-state index contributed by atoms with van der Waals surface area (Å²) in [5.74, 6) is 0.106. The molecule has 3 aromatic carbocycles. The molecule has 0 bridgehead atoms. The van der Waals surface area contributed by atoms with E-state index in [1.807, 2.05) is 38.1 Å². The van der Waals surface area contributed by atoms with E-state index in [1.165, 1.54) is 6.21 Å². The monoisotopic (exact) mass is 562 g/mol. The number of rotatable bonds is 13. The van der Waals surface area contributed by atoms with Gasteiger partial charge in [0, 0.05) is 18.8 Å². The predicted molar refractivity (Wildman–Crippen MR) is 161 cm³/mol. The number of amides is 2. The number of carbonyl (C=O) groups is 2. The van der Waals surface area contributed by atoms with Crippen LogP contribution in [0.4, 0.5) is 5.69 Å². The lowest BCUT2D eigenvalue weighted by molar-refractivity contribution is -0.117. The Labute approximate surface area is 240 Å². The van der Waals surface area contributed by atoms with Gasteiger partial charge in [-0.25, -0.2) is 5.43 Å².